The Kier molecular flexibility index (Phi) is 5.57. The van der Waals surface area contributed by atoms with Crippen molar-refractivity contribution in [1.29, 1.82) is 5.26 Å². The third-order valence-corrected chi connectivity index (χ3v) is 4.71. The Balaban J connectivity index is 1.99. The van der Waals surface area contributed by atoms with Crippen LogP contribution in [-0.4, -0.2) is 29.9 Å². The predicted molar refractivity (Wildman–Crippen MR) is 87.1 cm³/mol. The van der Waals surface area contributed by atoms with Gasteiger partial charge in [-0.2, -0.15) is 5.26 Å². The van der Waals surface area contributed by atoms with Crippen LogP contribution in [0.3, 0.4) is 0 Å². The molecule has 0 radical (unpaired) electrons. The average molecular weight is 299 g/mol. The molecule has 3 atom stereocenters. The number of nitriles is 1. The van der Waals surface area contributed by atoms with Gasteiger partial charge in [0.1, 0.15) is 0 Å². The first-order valence-electron chi connectivity index (χ1n) is 8.06. The molecule has 1 N–H and O–H groups in total. The fraction of sp³-hybridized carbons (Fsp3) is 0.556. The Bertz CT molecular complexity index is 546. The predicted octanol–water partition coefficient (Wildman–Crippen LogP) is 2.86. The molecule has 1 aromatic rings. The molecule has 1 aromatic carbocycles. The van der Waals surface area contributed by atoms with Crippen molar-refractivity contribution in [2.24, 2.45) is 5.92 Å². The first-order valence-corrected chi connectivity index (χ1v) is 8.06. The first kappa shape index (κ1) is 16.5. The first-order chi connectivity index (χ1) is 10.5. The van der Waals surface area contributed by atoms with E-state index in [-0.39, 0.29) is 11.9 Å². The zero-order valence-corrected chi connectivity index (χ0v) is 13.7. The zero-order valence-electron chi connectivity index (χ0n) is 13.7. The SMILES string of the molecule is CC[C@@H]1CN(C(C)=O)CC[C@@H]1N[C@@H](C)c1ccc(C#N)cc1. The topological polar surface area (TPSA) is 56.1 Å². The van der Waals surface area contributed by atoms with E-state index in [1.54, 1.807) is 6.92 Å². The summed E-state index contributed by atoms with van der Waals surface area (Å²) >= 11 is 0. The van der Waals surface area contributed by atoms with Crippen molar-refractivity contribution in [2.75, 3.05) is 13.1 Å². The van der Waals surface area contributed by atoms with E-state index < -0.39 is 0 Å². The van der Waals surface area contributed by atoms with E-state index in [4.69, 9.17) is 5.26 Å². The summed E-state index contributed by atoms with van der Waals surface area (Å²) in [4.78, 5) is 13.5. The van der Waals surface area contributed by atoms with Gasteiger partial charge in [0.25, 0.3) is 0 Å². The molecule has 1 aliphatic heterocycles. The van der Waals surface area contributed by atoms with Crippen LogP contribution < -0.4 is 5.32 Å². The largest absolute Gasteiger partial charge is 0.343 e. The van der Waals surface area contributed by atoms with E-state index >= 15 is 0 Å². The smallest absolute Gasteiger partial charge is 0.219 e. The summed E-state index contributed by atoms with van der Waals surface area (Å²) in [7, 11) is 0. The maximum absolute atomic E-state index is 11.6. The van der Waals surface area contributed by atoms with Crippen LogP contribution in [0.5, 0.6) is 0 Å². The van der Waals surface area contributed by atoms with E-state index in [9.17, 15) is 4.79 Å². The molecule has 22 heavy (non-hydrogen) atoms. The number of rotatable bonds is 4. The molecular weight excluding hydrogens is 274 g/mol. The van der Waals surface area contributed by atoms with E-state index in [2.05, 4.69) is 25.2 Å². The van der Waals surface area contributed by atoms with Crippen LogP contribution in [0, 0.1) is 17.2 Å². The van der Waals surface area contributed by atoms with Crippen LogP contribution in [0.25, 0.3) is 0 Å². The summed E-state index contributed by atoms with van der Waals surface area (Å²) in [5.74, 6) is 0.676. The number of nitrogens with one attached hydrogen (secondary N) is 1. The quantitative estimate of drug-likeness (QED) is 0.930. The average Bonchev–Trinajstić information content (AvgIpc) is 2.55. The number of amides is 1. The molecule has 1 amide bonds. The number of nitrogens with zero attached hydrogens (tertiary/aromatic N) is 2. The van der Waals surface area contributed by atoms with Gasteiger partial charge in [-0.25, -0.2) is 0 Å². The number of benzene rings is 1. The summed E-state index contributed by atoms with van der Waals surface area (Å²) in [5, 5.41) is 12.6. The molecule has 1 saturated heterocycles. The van der Waals surface area contributed by atoms with Gasteiger partial charge >= 0.3 is 0 Å². The lowest BCUT2D eigenvalue weighted by Gasteiger charge is -2.39. The van der Waals surface area contributed by atoms with Crippen LogP contribution >= 0.6 is 0 Å². The number of piperidine rings is 1. The van der Waals surface area contributed by atoms with Gasteiger partial charge in [-0.15, -0.1) is 0 Å². The fourth-order valence-corrected chi connectivity index (χ4v) is 3.21. The Hall–Kier alpha value is -1.86. The molecule has 0 aromatic heterocycles. The molecule has 0 aliphatic carbocycles. The number of carbonyl (C=O) groups is 1. The Morgan fingerprint density at radius 1 is 1.45 bits per heavy atom. The molecule has 1 aliphatic rings. The molecule has 2 rings (SSSR count). The molecule has 118 valence electrons. The molecule has 0 spiro atoms. The molecule has 0 saturated carbocycles. The minimum absolute atomic E-state index is 0.178. The van der Waals surface area contributed by atoms with Crippen molar-refractivity contribution in [3.8, 4) is 6.07 Å². The Morgan fingerprint density at radius 3 is 2.68 bits per heavy atom. The highest BCUT2D eigenvalue weighted by Crippen LogP contribution is 2.24. The van der Waals surface area contributed by atoms with Gasteiger partial charge in [0.05, 0.1) is 11.6 Å². The molecule has 4 heteroatoms. The number of likely N-dealkylation sites (tertiary alicyclic amines) is 1. The van der Waals surface area contributed by atoms with E-state index in [0.29, 0.717) is 17.5 Å². The van der Waals surface area contributed by atoms with Crippen molar-refractivity contribution in [1.82, 2.24) is 10.2 Å². The van der Waals surface area contributed by atoms with Crippen molar-refractivity contribution >= 4 is 5.91 Å². The second-order valence-corrected chi connectivity index (χ2v) is 6.15. The standard InChI is InChI=1S/C18H25N3O/c1-4-16-12-21(14(3)22)10-9-18(16)20-13(2)17-7-5-15(11-19)6-8-17/h5-8,13,16,18,20H,4,9-10,12H2,1-3H3/t13-,16+,18-/m0/s1. The molecule has 4 nitrogen and oxygen atoms in total. The van der Waals surface area contributed by atoms with Gasteiger partial charge in [-0.05, 0) is 37.0 Å². The monoisotopic (exact) mass is 299 g/mol. The Labute approximate surface area is 133 Å². The summed E-state index contributed by atoms with van der Waals surface area (Å²) in [6.07, 6.45) is 2.07. The summed E-state index contributed by atoms with van der Waals surface area (Å²) in [6, 6.07) is 10.6. The highest BCUT2D eigenvalue weighted by molar-refractivity contribution is 5.73. The normalized spacial score (nSPS) is 22.9. The van der Waals surface area contributed by atoms with Crippen molar-refractivity contribution in [3.63, 3.8) is 0 Å². The number of hydrogen-bond acceptors (Lipinski definition) is 3. The third kappa shape index (κ3) is 3.86. The van der Waals surface area contributed by atoms with Crippen molar-refractivity contribution in [3.05, 3.63) is 35.4 Å². The van der Waals surface area contributed by atoms with Crippen LogP contribution in [0.15, 0.2) is 24.3 Å². The molecule has 0 bridgehead atoms. The fourth-order valence-electron chi connectivity index (χ4n) is 3.21. The van der Waals surface area contributed by atoms with Crippen LogP contribution in [0.1, 0.15) is 50.8 Å². The Morgan fingerprint density at radius 2 is 2.14 bits per heavy atom. The van der Waals surface area contributed by atoms with Gasteiger partial charge < -0.3 is 10.2 Å². The lowest BCUT2D eigenvalue weighted by atomic mass is 9.88. The van der Waals surface area contributed by atoms with E-state index in [0.717, 1.165) is 25.9 Å². The van der Waals surface area contributed by atoms with Crippen LogP contribution in [-0.2, 0) is 4.79 Å². The number of carbonyl (C=O) groups excluding carboxylic acids is 1. The molecule has 1 fully saturated rings. The van der Waals surface area contributed by atoms with Gasteiger partial charge in [0, 0.05) is 32.1 Å². The van der Waals surface area contributed by atoms with Crippen LogP contribution in [0.2, 0.25) is 0 Å². The van der Waals surface area contributed by atoms with Gasteiger partial charge in [0.2, 0.25) is 5.91 Å². The lowest BCUT2D eigenvalue weighted by molar-refractivity contribution is -0.131. The second kappa shape index (κ2) is 7.42. The molecule has 0 unspecified atom stereocenters. The maximum Gasteiger partial charge on any atom is 0.219 e. The lowest BCUT2D eigenvalue weighted by Crippen LogP contribution is -2.50. The zero-order chi connectivity index (χ0) is 16.1. The van der Waals surface area contributed by atoms with E-state index in [1.165, 1.54) is 5.56 Å². The van der Waals surface area contributed by atoms with Gasteiger partial charge in [-0.1, -0.05) is 25.5 Å². The van der Waals surface area contributed by atoms with Gasteiger partial charge in [0.15, 0.2) is 0 Å². The summed E-state index contributed by atoms with van der Waals surface area (Å²) in [5.41, 5.74) is 1.89. The minimum Gasteiger partial charge on any atom is -0.343 e. The summed E-state index contributed by atoms with van der Waals surface area (Å²) in [6.45, 7) is 7.69. The highest BCUT2D eigenvalue weighted by atomic mass is 16.2. The minimum atomic E-state index is 0.178. The number of hydrogen-bond donors (Lipinski definition) is 1. The van der Waals surface area contributed by atoms with E-state index in [1.807, 2.05) is 29.2 Å². The molecule has 1 heterocycles. The van der Waals surface area contributed by atoms with Crippen molar-refractivity contribution < 1.29 is 4.79 Å². The third-order valence-electron chi connectivity index (χ3n) is 4.71. The molecular formula is C18H25N3O. The summed E-state index contributed by atoms with van der Waals surface area (Å²) < 4.78 is 0. The highest BCUT2D eigenvalue weighted by Gasteiger charge is 2.29. The van der Waals surface area contributed by atoms with Crippen molar-refractivity contribution in [2.45, 2.75) is 45.7 Å². The van der Waals surface area contributed by atoms with Crippen LogP contribution in [0.4, 0.5) is 0 Å². The maximum atomic E-state index is 11.6. The second-order valence-electron chi connectivity index (χ2n) is 6.15. The van der Waals surface area contributed by atoms with Gasteiger partial charge in [-0.3, -0.25) is 4.79 Å².